The predicted octanol–water partition coefficient (Wildman–Crippen LogP) is 0.768. The maximum absolute atomic E-state index is 12.3. The van der Waals surface area contributed by atoms with Crippen molar-refractivity contribution in [1.82, 2.24) is 9.96 Å². The Labute approximate surface area is 113 Å². The number of carbonyl (C=O) groups is 2. The number of hydrogen-bond acceptors (Lipinski definition) is 5. The second kappa shape index (κ2) is 4.76. The Morgan fingerprint density at radius 3 is 2.74 bits per heavy atom. The van der Waals surface area contributed by atoms with Gasteiger partial charge in [0.05, 0.1) is 0 Å². The molecule has 0 unspecified atom stereocenters. The minimum absolute atomic E-state index is 0.0709. The van der Waals surface area contributed by atoms with E-state index in [2.05, 4.69) is 13.8 Å². The molecule has 3 atom stereocenters. The summed E-state index contributed by atoms with van der Waals surface area (Å²) >= 11 is 0. The zero-order valence-corrected chi connectivity index (χ0v) is 12.2. The molecule has 0 aromatic heterocycles. The summed E-state index contributed by atoms with van der Waals surface area (Å²) in [4.78, 5) is 30.7. The summed E-state index contributed by atoms with van der Waals surface area (Å²) in [6.45, 7) is 7.70. The summed E-state index contributed by atoms with van der Waals surface area (Å²) in [7, 11) is 1.81. The van der Waals surface area contributed by atoms with Crippen molar-refractivity contribution in [2.24, 2.45) is 5.92 Å². The largest absolute Gasteiger partial charge is 0.463 e. The van der Waals surface area contributed by atoms with Crippen molar-refractivity contribution in [3.05, 3.63) is 0 Å². The quantitative estimate of drug-likeness (QED) is 0.709. The van der Waals surface area contributed by atoms with Crippen molar-refractivity contribution in [2.45, 2.75) is 51.9 Å². The van der Waals surface area contributed by atoms with Crippen molar-refractivity contribution >= 4 is 11.9 Å². The molecule has 2 saturated heterocycles. The van der Waals surface area contributed by atoms with E-state index in [1.807, 2.05) is 14.0 Å². The summed E-state index contributed by atoms with van der Waals surface area (Å²) in [5.74, 6) is -0.0221. The second-order valence-corrected chi connectivity index (χ2v) is 5.75. The SMILES string of the molecule is CC(=O)OC[C@H]1C[C@@H]2C(=O)N(C)[C@@](C)(C(C)C)N2O1. The van der Waals surface area contributed by atoms with Crippen LogP contribution in [0.15, 0.2) is 0 Å². The van der Waals surface area contributed by atoms with Crippen LogP contribution in [0, 0.1) is 5.92 Å². The molecule has 1 amide bonds. The molecule has 6 heteroatoms. The molecule has 0 saturated carbocycles. The maximum atomic E-state index is 12.3. The fourth-order valence-electron chi connectivity index (χ4n) is 2.79. The smallest absolute Gasteiger partial charge is 0.302 e. The van der Waals surface area contributed by atoms with Gasteiger partial charge in [-0.05, 0) is 12.8 Å². The molecule has 0 aromatic rings. The van der Waals surface area contributed by atoms with Gasteiger partial charge in [-0.15, -0.1) is 0 Å². The number of rotatable bonds is 3. The van der Waals surface area contributed by atoms with Crippen LogP contribution >= 0.6 is 0 Å². The Kier molecular flexibility index (Phi) is 3.57. The minimum atomic E-state index is -0.452. The number of hydroxylamine groups is 2. The van der Waals surface area contributed by atoms with Gasteiger partial charge in [-0.2, -0.15) is 5.06 Å². The molecule has 0 spiro atoms. The highest BCUT2D eigenvalue weighted by Crippen LogP contribution is 2.42. The zero-order chi connectivity index (χ0) is 14.4. The zero-order valence-electron chi connectivity index (χ0n) is 12.2. The van der Waals surface area contributed by atoms with Gasteiger partial charge in [-0.3, -0.25) is 14.4 Å². The second-order valence-electron chi connectivity index (χ2n) is 5.75. The van der Waals surface area contributed by atoms with Crippen LogP contribution in [-0.2, 0) is 19.2 Å². The van der Waals surface area contributed by atoms with E-state index < -0.39 is 5.66 Å². The molecule has 0 radical (unpaired) electrons. The average Bonchev–Trinajstić information content (AvgIpc) is 2.83. The molecule has 2 aliphatic heterocycles. The first-order valence-electron chi connectivity index (χ1n) is 6.65. The Morgan fingerprint density at radius 2 is 2.21 bits per heavy atom. The molecule has 0 aromatic carbocycles. The third kappa shape index (κ3) is 2.12. The van der Waals surface area contributed by atoms with Crippen LogP contribution in [0.1, 0.15) is 34.1 Å². The van der Waals surface area contributed by atoms with Crippen LogP contribution in [0.25, 0.3) is 0 Å². The molecule has 108 valence electrons. The molecule has 2 heterocycles. The van der Waals surface area contributed by atoms with Gasteiger partial charge in [-0.1, -0.05) is 13.8 Å². The lowest BCUT2D eigenvalue weighted by Gasteiger charge is -2.41. The highest BCUT2D eigenvalue weighted by Gasteiger charge is 2.59. The van der Waals surface area contributed by atoms with Gasteiger partial charge in [0, 0.05) is 20.4 Å². The van der Waals surface area contributed by atoms with Gasteiger partial charge in [0.25, 0.3) is 0 Å². The summed E-state index contributed by atoms with van der Waals surface area (Å²) < 4.78 is 4.97. The van der Waals surface area contributed by atoms with Crippen LogP contribution < -0.4 is 0 Å². The van der Waals surface area contributed by atoms with Crippen LogP contribution in [0.4, 0.5) is 0 Å². The lowest BCUT2D eigenvalue weighted by atomic mass is 9.97. The van der Waals surface area contributed by atoms with Gasteiger partial charge >= 0.3 is 5.97 Å². The number of fused-ring (bicyclic) bond motifs is 1. The lowest BCUT2D eigenvalue weighted by molar-refractivity contribution is -0.242. The molecule has 0 N–H and O–H groups in total. The van der Waals surface area contributed by atoms with Crippen LogP contribution in [0.2, 0.25) is 0 Å². The fraction of sp³-hybridized carbons (Fsp3) is 0.846. The molecule has 0 bridgehead atoms. The van der Waals surface area contributed by atoms with Crippen molar-refractivity contribution in [3.8, 4) is 0 Å². The Balaban J connectivity index is 2.12. The molecule has 2 aliphatic rings. The monoisotopic (exact) mass is 270 g/mol. The van der Waals surface area contributed by atoms with E-state index in [0.29, 0.717) is 6.42 Å². The molecule has 19 heavy (non-hydrogen) atoms. The third-order valence-electron chi connectivity index (χ3n) is 4.34. The summed E-state index contributed by atoms with van der Waals surface area (Å²) in [6.07, 6.45) is 0.336. The van der Waals surface area contributed by atoms with Gasteiger partial charge < -0.3 is 9.64 Å². The Morgan fingerprint density at radius 1 is 1.58 bits per heavy atom. The molecular formula is C13H22N2O4. The number of likely N-dealkylation sites (N-methyl/N-ethyl adjacent to an activating group) is 1. The minimum Gasteiger partial charge on any atom is -0.463 e. The molecule has 2 rings (SSSR count). The van der Waals surface area contributed by atoms with Gasteiger partial charge in [0.15, 0.2) is 0 Å². The Hall–Kier alpha value is -1.14. The summed E-state index contributed by atoms with van der Waals surface area (Å²) in [5.41, 5.74) is -0.452. The number of nitrogens with zero attached hydrogens (tertiary/aromatic N) is 2. The van der Waals surface area contributed by atoms with Crippen LogP contribution in [-0.4, -0.2) is 53.3 Å². The highest BCUT2D eigenvalue weighted by atomic mass is 16.7. The van der Waals surface area contributed by atoms with Gasteiger partial charge in [0.1, 0.15) is 24.4 Å². The number of carbonyl (C=O) groups excluding carboxylic acids is 2. The van der Waals surface area contributed by atoms with Crippen molar-refractivity contribution in [2.75, 3.05) is 13.7 Å². The van der Waals surface area contributed by atoms with Crippen LogP contribution in [0.5, 0.6) is 0 Å². The number of esters is 1. The highest BCUT2D eigenvalue weighted by molar-refractivity contribution is 5.85. The van der Waals surface area contributed by atoms with Crippen molar-refractivity contribution < 1.29 is 19.2 Å². The third-order valence-corrected chi connectivity index (χ3v) is 4.34. The normalized spacial score (nSPS) is 35.1. The van der Waals surface area contributed by atoms with E-state index in [1.54, 1.807) is 9.96 Å². The fourth-order valence-corrected chi connectivity index (χ4v) is 2.79. The molecular weight excluding hydrogens is 248 g/mol. The van der Waals surface area contributed by atoms with E-state index in [-0.39, 0.29) is 36.5 Å². The van der Waals surface area contributed by atoms with Gasteiger partial charge in [-0.25, -0.2) is 0 Å². The Bertz CT molecular complexity index is 398. The summed E-state index contributed by atoms with van der Waals surface area (Å²) in [5, 5.41) is 1.79. The van der Waals surface area contributed by atoms with Gasteiger partial charge in [0.2, 0.25) is 5.91 Å². The first-order valence-corrected chi connectivity index (χ1v) is 6.65. The van der Waals surface area contributed by atoms with E-state index in [1.165, 1.54) is 6.92 Å². The van der Waals surface area contributed by atoms with E-state index in [0.717, 1.165) is 0 Å². The number of hydrogen-bond donors (Lipinski definition) is 0. The van der Waals surface area contributed by atoms with E-state index in [9.17, 15) is 9.59 Å². The summed E-state index contributed by atoms with van der Waals surface area (Å²) in [6, 6.07) is -0.266. The standard InChI is InChI=1S/C13H22N2O4/c1-8(2)13(4)14(5)12(17)11-6-10(19-15(11)13)7-18-9(3)16/h8,10-11H,6-7H2,1-5H3/t10-,11-,13-/m1/s1. The molecule has 2 fully saturated rings. The van der Waals surface area contributed by atoms with E-state index >= 15 is 0 Å². The average molecular weight is 270 g/mol. The molecule has 6 nitrogen and oxygen atoms in total. The van der Waals surface area contributed by atoms with E-state index in [4.69, 9.17) is 9.57 Å². The first-order chi connectivity index (χ1) is 8.78. The topological polar surface area (TPSA) is 59.1 Å². The maximum Gasteiger partial charge on any atom is 0.302 e. The lowest BCUT2D eigenvalue weighted by Crippen LogP contribution is -2.54. The predicted molar refractivity (Wildman–Crippen MR) is 67.8 cm³/mol. The number of ether oxygens (including phenoxy) is 1. The van der Waals surface area contributed by atoms with Crippen molar-refractivity contribution in [3.63, 3.8) is 0 Å². The van der Waals surface area contributed by atoms with Crippen LogP contribution in [0.3, 0.4) is 0 Å². The van der Waals surface area contributed by atoms with Crippen molar-refractivity contribution in [1.29, 1.82) is 0 Å². The molecule has 0 aliphatic carbocycles. The first kappa shape index (κ1) is 14.3. The number of amides is 1.